The van der Waals surface area contributed by atoms with E-state index in [-0.39, 0.29) is 24.5 Å². The summed E-state index contributed by atoms with van der Waals surface area (Å²) in [4.78, 5) is 0. The Balaban J connectivity index is 2.32. The first kappa shape index (κ1) is 15.3. The van der Waals surface area contributed by atoms with E-state index in [1.165, 1.54) is 25.7 Å². The molecule has 5 atom stereocenters. The molecular formula is C13H26FO2P. The highest BCUT2D eigenvalue weighted by Crippen LogP contribution is 2.40. The van der Waals surface area contributed by atoms with Crippen molar-refractivity contribution in [3.05, 3.63) is 0 Å². The number of alkyl halides is 1. The Morgan fingerprint density at radius 1 is 1.24 bits per heavy atom. The molecule has 4 heteroatoms. The Bertz CT molecular complexity index is 204. The zero-order chi connectivity index (χ0) is 12.7. The minimum atomic E-state index is -0.897. The van der Waals surface area contributed by atoms with Gasteiger partial charge in [-0.25, -0.2) is 4.39 Å². The maximum absolute atomic E-state index is 13.7. The fraction of sp³-hybridized carbons (Fsp3) is 1.00. The maximum Gasteiger partial charge on any atom is 0.108 e. The van der Waals surface area contributed by atoms with Crippen molar-refractivity contribution in [1.82, 2.24) is 0 Å². The molecule has 102 valence electrons. The van der Waals surface area contributed by atoms with Gasteiger partial charge in [0.1, 0.15) is 6.17 Å². The van der Waals surface area contributed by atoms with Gasteiger partial charge in [0.05, 0.1) is 6.10 Å². The Labute approximate surface area is 107 Å². The Morgan fingerprint density at radius 3 is 2.53 bits per heavy atom. The summed E-state index contributed by atoms with van der Waals surface area (Å²) in [6.45, 7) is 2.15. The Kier molecular flexibility index (Phi) is 7.57. The van der Waals surface area contributed by atoms with Gasteiger partial charge in [-0.3, -0.25) is 0 Å². The van der Waals surface area contributed by atoms with E-state index in [4.69, 9.17) is 4.52 Å². The second-order valence-corrected chi connectivity index (χ2v) is 5.41. The molecule has 1 fully saturated rings. The van der Waals surface area contributed by atoms with Gasteiger partial charge in [-0.2, -0.15) is 0 Å². The number of hydrogen-bond donors (Lipinski definition) is 1. The van der Waals surface area contributed by atoms with Crippen LogP contribution in [0.4, 0.5) is 4.39 Å². The third-order valence-electron chi connectivity index (χ3n) is 3.98. The molecule has 0 aromatic heterocycles. The molecule has 0 radical (unpaired) electrons. The van der Waals surface area contributed by atoms with Crippen molar-refractivity contribution in [2.24, 2.45) is 11.8 Å². The van der Waals surface area contributed by atoms with E-state index >= 15 is 0 Å². The van der Waals surface area contributed by atoms with Gasteiger partial charge in [0.25, 0.3) is 0 Å². The zero-order valence-corrected chi connectivity index (χ0v) is 11.9. The number of unbranched alkanes of at least 4 members (excludes halogenated alkanes) is 4. The van der Waals surface area contributed by atoms with Crippen molar-refractivity contribution in [2.75, 3.05) is 6.61 Å². The number of aliphatic hydroxyl groups is 1. The summed E-state index contributed by atoms with van der Waals surface area (Å²) >= 11 is 0. The molecule has 0 aromatic carbocycles. The normalized spacial score (nSPS) is 33.2. The number of rotatable bonds is 8. The molecule has 1 rings (SSSR count). The minimum Gasteiger partial charge on any atom is -0.396 e. The van der Waals surface area contributed by atoms with E-state index in [0.29, 0.717) is 6.42 Å². The van der Waals surface area contributed by atoms with Crippen molar-refractivity contribution in [3.8, 4) is 0 Å². The van der Waals surface area contributed by atoms with Gasteiger partial charge in [-0.1, -0.05) is 39.0 Å². The van der Waals surface area contributed by atoms with Crippen LogP contribution in [0.15, 0.2) is 0 Å². The first-order valence-electron chi connectivity index (χ1n) is 6.85. The van der Waals surface area contributed by atoms with E-state index in [0.717, 1.165) is 12.8 Å². The molecule has 3 unspecified atom stereocenters. The molecule has 1 aliphatic carbocycles. The second kappa shape index (κ2) is 8.39. The monoisotopic (exact) mass is 264 g/mol. The minimum absolute atomic E-state index is 0.0293. The summed E-state index contributed by atoms with van der Waals surface area (Å²) < 4.78 is 18.9. The van der Waals surface area contributed by atoms with Crippen LogP contribution in [0.1, 0.15) is 51.9 Å². The van der Waals surface area contributed by atoms with Gasteiger partial charge in [0.15, 0.2) is 0 Å². The predicted molar refractivity (Wildman–Crippen MR) is 71.5 cm³/mol. The molecule has 1 saturated carbocycles. The van der Waals surface area contributed by atoms with Gasteiger partial charge in [0.2, 0.25) is 0 Å². The summed E-state index contributed by atoms with van der Waals surface area (Å²) in [7, 11) is 2.25. The van der Waals surface area contributed by atoms with Crippen molar-refractivity contribution in [1.29, 1.82) is 0 Å². The second-order valence-electron chi connectivity index (χ2n) is 5.14. The highest BCUT2D eigenvalue weighted by atomic mass is 31.0. The molecular weight excluding hydrogens is 238 g/mol. The van der Waals surface area contributed by atoms with Gasteiger partial charge in [0, 0.05) is 28.4 Å². The summed E-state index contributed by atoms with van der Waals surface area (Å²) in [6.07, 6.45) is 6.61. The van der Waals surface area contributed by atoms with Crippen molar-refractivity contribution in [3.63, 3.8) is 0 Å². The van der Waals surface area contributed by atoms with Crippen LogP contribution in [0.5, 0.6) is 0 Å². The number of halogens is 1. The summed E-state index contributed by atoms with van der Waals surface area (Å²) in [5.74, 6) is -0.0270. The summed E-state index contributed by atoms with van der Waals surface area (Å²) in [5, 5.41) is 9.26. The molecule has 0 aliphatic heterocycles. The molecule has 2 nitrogen and oxygen atoms in total. The van der Waals surface area contributed by atoms with E-state index in [1.807, 2.05) is 0 Å². The van der Waals surface area contributed by atoms with E-state index in [1.54, 1.807) is 0 Å². The number of hydrogen-bond acceptors (Lipinski definition) is 2. The van der Waals surface area contributed by atoms with Crippen LogP contribution in [0.3, 0.4) is 0 Å². The topological polar surface area (TPSA) is 29.5 Å². The average molecular weight is 264 g/mol. The number of aliphatic hydroxyl groups excluding tert-OH is 1. The Morgan fingerprint density at radius 2 is 1.94 bits per heavy atom. The molecule has 0 bridgehead atoms. The fourth-order valence-electron chi connectivity index (χ4n) is 2.91. The van der Waals surface area contributed by atoms with Crippen LogP contribution in [0.25, 0.3) is 0 Å². The predicted octanol–water partition coefficient (Wildman–Crippen LogP) is 3.49. The van der Waals surface area contributed by atoms with Gasteiger partial charge in [-0.15, -0.1) is 0 Å². The SMILES string of the molecule is CCCCCCC[C@H]1C(OP)CC(F)[C@@H]1CO. The van der Waals surface area contributed by atoms with Gasteiger partial charge < -0.3 is 9.63 Å². The summed E-state index contributed by atoms with van der Waals surface area (Å²) in [5.41, 5.74) is 0. The zero-order valence-electron chi connectivity index (χ0n) is 10.8. The first-order valence-corrected chi connectivity index (χ1v) is 7.32. The molecule has 1 aliphatic rings. The molecule has 0 saturated heterocycles. The van der Waals surface area contributed by atoms with Crippen LogP contribution >= 0.6 is 9.47 Å². The maximum atomic E-state index is 13.7. The first-order chi connectivity index (χ1) is 8.24. The highest BCUT2D eigenvalue weighted by molar-refractivity contribution is 7.09. The molecule has 17 heavy (non-hydrogen) atoms. The van der Waals surface area contributed by atoms with Crippen LogP contribution < -0.4 is 0 Å². The van der Waals surface area contributed by atoms with Crippen molar-refractivity contribution in [2.45, 2.75) is 64.1 Å². The third kappa shape index (κ3) is 4.46. The molecule has 1 N–H and O–H groups in total. The van der Waals surface area contributed by atoms with Crippen LogP contribution in [-0.4, -0.2) is 24.0 Å². The van der Waals surface area contributed by atoms with E-state index in [9.17, 15) is 9.50 Å². The van der Waals surface area contributed by atoms with Crippen molar-refractivity contribution < 1.29 is 14.0 Å². The van der Waals surface area contributed by atoms with Crippen molar-refractivity contribution >= 4 is 9.47 Å². The standard InChI is InChI=1S/C13H26FO2P/c1-2-3-4-5-6-7-10-11(9-15)12(14)8-13(10)16-17/h10-13,15H,2-9,17H2,1H3/t10-,11-,12?,13?/m1/s1. The van der Waals surface area contributed by atoms with E-state index < -0.39 is 6.17 Å². The van der Waals surface area contributed by atoms with Crippen LogP contribution in [-0.2, 0) is 4.52 Å². The van der Waals surface area contributed by atoms with Gasteiger partial charge in [-0.05, 0) is 12.3 Å². The Hall–Kier alpha value is 0.280. The lowest BCUT2D eigenvalue weighted by Gasteiger charge is -2.22. The van der Waals surface area contributed by atoms with Crippen LogP contribution in [0, 0.1) is 11.8 Å². The molecule has 0 aromatic rings. The smallest absolute Gasteiger partial charge is 0.108 e. The molecule has 0 heterocycles. The van der Waals surface area contributed by atoms with Crippen LogP contribution in [0.2, 0.25) is 0 Å². The third-order valence-corrected chi connectivity index (χ3v) is 4.33. The highest BCUT2D eigenvalue weighted by Gasteiger charge is 2.42. The van der Waals surface area contributed by atoms with Gasteiger partial charge >= 0.3 is 0 Å². The average Bonchev–Trinajstić information content (AvgIpc) is 2.64. The lowest BCUT2D eigenvalue weighted by atomic mass is 9.89. The lowest BCUT2D eigenvalue weighted by molar-refractivity contribution is 0.106. The van der Waals surface area contributed by atoms with E-state index in [2.05, 4.69) is 16.4 Å². The quantitative estimate of drug-likeness (QED) is 0.537. The summed E-state index contributed by atoms with van der Waals surface area (Å²) in [6, 6.07) is 0. The fourth-order valence-corrected chi connectivity index (χ4v) is 3.22. The lowest BCUT2D eigenvalue weighted by Crippen LogP contribution is -2.24. The molecule has 0 amide bonds. The largest absolute Gasteiger partial charge is 0.396 e. The molecule has 0 spiro atoms.